The van der Waals surface area contributed by atoms with Crippen LogP contribution in [0.5, 0.6) is 0 Å². The van der Waals surface area contributed by atoms with Crippen LogP contribution in [0.3, 0.4) is 0 Å². The Morgan fingerprint density at radius 3 is 2.91 bits per heavy atom. The summed E-state index contributed by atoms with van der Waals surface area (Å²) in [6, 6.07) is 3.61. The first-order valence-corrected chi connectivity index (χ1v) is 8.82. The maximum atomic E-state index is 11.8. The predicted molar refractivity (Wildman–Crippen MR) is 88.4 cm³/mol. The maximum absolute atomic E-state index is 11.8. The van der Waals surface area contributed by atoms with Crippen LogP contribution in [0.2, 0.25) is 0 Å². The van der Waals surface area contributed by atoms with Crippen molar-refractivity contribution in [2.45, 2.75) is 32.6 Å². The van der Waals surface area contributed by atoms with Gasteiger partial charge in [0.25, 0.3) is 5.91 Å². The van der Waals surface area contributed by atoms with E-state index < -0.39 is 0 Å². The quantitative estimate of drug-likeness (QED) is 0.725. The molecular formula is C14H18N4O2S2. The lowest BCUT2D eigenvalue weighted by atomic mass is 10.3. The molecule has 0 fully saturated rings. The first-order valence-electron chi connectivity index (χ1n) is 7.13. The highest BCUT2D eigenvalue weighted by molar-refractivity contribution is 7.15. The minimum atomic E-state index is -0.107. The molecule has 22 heavy (non-hydrogen) atoms. The molecule has 0 saturated carbocycles. The molecule has 0 aliphatic rings. The monoisotopic (exact) mass is 338 g/mol. The maximum Gasteiger partial charge on any atom is 0.261 e. The van der Waals surface area contributed by atoms with Gasteiger partial charge in [-0.3, -0.25) is 9.59 Å². The van der Waals surface area contributed by atoms with Gasteiger partial charge in [0.05, 0.1) is 4.88 Å². The number of carbonyl (C=O) groups excluding carboxylic acids is 2. The summed E-state index contributed by atoms with van der Waals surface area (Å²) in [5.74, 6) is -0.201. The fourth-order valence-corrected chi connectivity index (χ4v) is 3.24. The Hall–Kier alpha value is -1.80. The molecule has 0 unspecified atom stereocenters. The van der Waals surface area contributed by atoms with Crippen LogP contribution in [0.15, 0.2) is 17.5 Å². The molecule has 0 aliphatic carbocycles. The van der Waals surface area contributed by atoms with Gasteiger partial charge < -0.3 is 10.6 Å². The molecule has 0 aliphatic heterocycles. The van der Waals surface area contributed by atoms with Gasteiger partial charge in [-0.25, -0.2) is 0 Å². The average molecular weight is 338 g/mol. The molecule has 0 saturated heterocycles. The summed E-state index contributed by atoms with van der Waals surface area (Å²) in [5.41, 5.74) is 0. The van der Waals surface area contributed by atoms with Crippen molar-refractivity contribution in [1.29, 1.82) is 0 Å². The molecular weight excluding hydrogens is 320 g/mol. The van der Waals surface area contributed by atoms with Gasteiger partial charge >= 0.3 is 0 Å². The lowest BCUT2D eigenvalue weighted by molar-refractivity contribution is -0.116. The zero-order valence-electron chi connectivity index (χ0n) is 12.3. The number of carbonyl (C=O) groups is 2. The normalized spacial score (nSPS) is 10.4. The van der Waals surface area contributed by atoms with Gasteiger partial charge in [0.1, 0.15) is 5.01 Å². The van der Waals surface area contributed by atoms with Gasteiger partial charge in [-0.05, 0) is 24.3 Å². The van der Waals surface area contributed by atoms with Crippen molar-refractivity contribution >= 4 is 39.6 Å². The van der Waals surface area contributed by atoms with E-state index >= 15 is 0 Å². The summed E-state index contributed by atoms with van der Waals surface area (Å²) in [6.07, 6.45) is 2.81. The summed E-state index contributed by atoms with van der Waals surface area (Å²) in [5, 5.41) is 16.8. The van der Waals surface area contributed by atoms with E-state index in [1.54, 1.807) is 6.07 Å². The molecule has 0 aromatic carbocycles. The summed E-state index contributed by atoms with van der Waals surface area (Å²) < 4.78 is 0. The molecule has 0 bridgehead atoms. The number of amides is 2. The van der Waals surface area contributed by atoms with E-state index in [1.807, 2.05) is 11.4 Å². The SMILES string of the molecule is CCCc1nnc(NC(=O)CCCNC(=O)c2cccs2)s1. The topological polar surface area (TPSA) is 84.0 Å². The Balaban J connectivity index is 1.64. The van der Waals surface area contributed by atoms with Crippen molar-refractivity contribution in [3.63, 3.8) is 0 Å². The minimum Gasteiger partial charge on any atom is -0.351 e. The average Bonchev–Trinajstić information content (AvgIpc) is 3.15. The van der Waals surface area contributed by atoms with Gasteiger partial charge in [0.2, 0.25) is 11.0 Å². The second kappa shape index (κ2) is 8.60. The standard InChI is InChI=1S/C14H18N4O2S2/c1-2-5-12-17-18-14(22-12)16-11(19)7-3-8-15-13(20)10-6-4-9-21-10/h4,6,9H,2-3,5,7-8H2,1H3,(H,15,20)(H,16,18,19). The number of nitrogens with one attached hydrogen (secondary N) is 2. The second-order valence-electron chi connectivity index (χ2n) is 4.64. The van der Waals surface area contributed by atoms with Crippen LogP contribution in [0.1, 0.15) is 40.9 Å². The number of rotatable bonds is 8. The first-order chi connectivity index (χ1) is 10.7. The van der Waals surface area contributed by atoms with Crippen molar-refractivity contribution < 1.29 is 9.59 Å². The van der Waals surface area contributed by atoms with Crippen molar-refractivity contribution in [2.75, 3.05) is 11.9 Å². The fraction of sp³-hybridized carbons (Fsp3) is 0.429. The Morgan fingerprint density at radius 1 is 1.32 bits per heavy atom. The molecule has 2 N–H and O–H groups in total. The van der Waals surface area contributed by atoms with Crippen LogP contribution in [0, 0.1) is 0 Å². The van der Waals surface area contributed by atoms with E-state index in [2.05, 4.69) is 27.8 Å². The molecule has 2 aromatic rings. The molecule has 2 aromatic heterocycles. The zero-order valence-corrected chi connectivity index (χ0v) is 13.9. The molecule has 8 heteroatoms. The number of anilines is 1. The van der Waals surface area contributed by atoms with Gasteiger partial charge in [-0.15, -0.1) is 21.5 Å². The van der Waals surface area contributed by atoms with E-state index in [-0.39, 0.29) is 11.8 Å². The fourth-order valence-electron chi connectivity index (χ4n) is 1.75. The lowest BCUT2D eigenvalue weighted by Crippen LogP contribution is -2.24. The Morgan fingerprint density at radius 2 is 2.18 bits per heavy atom. The number of thiophene rings is 1. The van der Waals surface area contributed by atoms with Crippen molar-refractivity contribution in [3.05, 3.63) is 27.4 Å². The second-order valence-corrected chi connectivity index (χ2v) is 6.65. The lowest BCUT2D eigenvalue weighted by Gasteiger charge is -2.03. The van der Waals surface area contributed by atoms with E-state index in [0.29, 0.717) is 29.4 Å². The van der Waals surface area contributed by atoms with Gasteiger partial charge in [0.15, 0.2) is 0 Å². The van der Waals surface area contributed by atoms with Crippen molar-refractivity contribution in [2.24, 2.45) is 0 Å². The Kier molecular flexibility index (Phi) is 6.47. The van der Waals surface area contributed by atoms with Crippen LogP contribution in [-0.2, 0) is 11.2 Å². The van der Waals surface area contributed by atoms with Crippen LogP contribution >= 0.6 is 22.7 Å². The predicted octanol–water partition coefficient (Wildman–Crippen LogP) is 2.70. The van der Waals surface area contributed by atoms with Gasteiger partial charge in [0, 0.05) is 19.4 Å². The number of aromatic nitrogens is 2. The molecule has 2 rings (SSSR count). The third-order valence-electron chi connectivity index (χ3n) is 2.79. The van der Waals surface area contributed by atoms with Gasteiger partial charge in [-0.2, -0.15) is 0 Å². The van der Waals surface area contributed by atoms with Crippen molar-refractivity contribution in [1.82, 2.24) is 15.5 Å². The molecule has 6 nitrogen and oxygen atoms in total. The molecule has 2 heterocycles. The third-order valence-corrected chi connectivity index (χ3v) is 4.56. The molecule has 0 spiro atoms. The highest BCUT2D eigenvalue weighted by Crippen LogP contribution is 2.16. The zero-order chi connectivity index (χ0) is 15.8. The highest BCUT2D eigenvalue weighted by Gasteiger charge is 2.09. The highest BCUT2D eigenvalue weighted by atomic mass is 32.1. The van der Waals surface area contributed by atoms with Crippen LogP contribution in [0.4, 0.5) is 5.13 Å². The summed E-state index contributed by atoms with van der Waals surface area (Å²) in [6.45, 7) is 2.55. The number of aryl methyl sites for hydroxylation is 1. The first kappa shape index (κ1) is 16.6. The largest absolute Gasteiger partial charge is 0.351 e. The Labute approximate surface area is 137 Å². The van der Waals surface area contributed by atoms with E-state index in [4.69, 9.17) is 0 Å². The molecule has 118 valence electrons. The number of nitrogens with zero attached hydrogens (tertiary/aromatic N) is 2. The molecule has 0 atom stereocenters. The number of hydrogen-bond donors (Lipinski definition) is 2. The van der Waals surface area contributed by atoms with E-state index in [0.717, 1.165) is 17.8 Å². The van der Waals surface area contributed by atoms with E-state index in [1.165, 1.54) is 22.7 Å². The summed E-state index contributed by atoms with van der Waals surface area (Å²) >= 11 is 2.80. The third kappa shape index (κ3) is 5.19. The van der Waals surface area contributed by atoms with Crippen LogP contribution < -0.4 is 10.6 Å². The molecule has 0 radical (unpaired) electrons. The Bertz CT molecular complexity index is 610. The van der Waals surface area contributed by atoms with Crippen LogP contribution in [0.25, 0.3) is 0 Å². The minimum absolute atomic E-state index is 0.0938. The summed E-state index contributed by atoms with van der Waals surface area (Å²) in [4.78, 5) is 24.1. The number of hydrogen-bond acceptors (Lipinski definition) is 6. The molecule has 2 amide bonds. The van der Waals surface area contributed by atoms with E-state index in [9.17, 15) is 9.59 Å². The smallest absolute Gasteiger partial charge is 0.261 e. The van der Waals surface area contributed by atoms with Crippen molar-refractivity contribution in [3.8, 4) is 0 Å². The van der Waals surface area contributed by atoms with Crippen LogP contribution in [-0.4, -0.2) is 28.6 Å². The van der Waals surface area contributed by atoms with Gasteiger partial charge in [-0.1, -0.05) is 24.3 Å². The summed E-state index contributed by atoms with van der Waals surface area (Å²) in [7, 11) is 0.